The van der Waals surface area contributed by atoms with E-state index < -0.39 is 5.97 Å². The second kappa shape index (κ2) is 9.19. The summed E-state index contributed by atoms with van der Waals surface area (Å²) in [7, 11) is 0. The van der Waals surface area contributed by atoms with Crippen LogP contribution in [0.2, 0.25) is 0 Å². The molecule has 0 aromatic heterocycles. The highest BCUT2D eigenvalue weighted by Gasteiger charge is 2.19. The summed E-state index contributed by atoms with van der Waals surface area (Å²) in [6.07, 6.45) is 2.70. The average Bonchev–Trinajstić information content (AvgIpc) is 2.90. The van der Waals surface area contributed by atoms with Gasteiger partial charge in [0.2, 0.25) is 6.41 Å². The Morgan fingerprint density at radius 3 is 2.57 bits per heavy atom. The van der Waals surface area contributed by atoms with Crippen molar-refractivity contribution in [3.63, 3.8) is 0 Å². The van der Waals surface area contributed by atoms with Crippen molar-refractivity contribution in [1.82, 2.24) is 0 Å². The van der Waals surface area contributed by atoms with Crippen LogP contribution in [0.5, 0.6) is 5.75 Å². The van der Waals surface area contributed by atoms with Gasteiger partial charge in [-0.3, -0.25) is 4.79 Å². The van der Waals surface area contributed by atoms with Crippen molar-refractivity contribution in [2.75, 3.05) is 31.3 Å². The van der Waals surface area contributed by atoms with Crippen molar-refractivity contribution >= 4 is 24.1 Å². The lowest BCUT2D eigenvalue weighted by atomic mass is 10.0. The monoisotopic (exact) mass is 381 g/mol. The highest BCUT2D eigenvalue weighted by Crippen LogP contribution is 2.32. The second-order valence-corrected chi connectivity index (χ2v) is 6.37. The summed E-state index contributed by atoms with van der Waals surface area (Å²) in [5, 5.41) is 9.37. The number of carbonyl (C=O) groups is 2. The molecule has 0 saturated heterocycles. The number of hydrogen-bond acceptors (Lipinski definition) is 4. The molecular weight excluding hydrogens is 358 g/mol. The van der Waals surface area contributed by atoms with Crippen molar-refractivity contribution in [3.05, 3.63) is 53.6 Å². The Morgan fingerprint density at radius 1 is 1.14 bits per heavy atom. The number of rotatable bonds is 8. The minimum atomic E-state index is -0.961. The molecule has 2 aromatic carbocycles. The Kier molecular flexibility index (Phi) is 6.45. The van der Waals surface area contributed by atoms with E-state index in [1.54, 1.807) is 11.0 Å². The molecule has 0 aliphatic carbocycles. The van der Waals surface area contributed by atoms with Gasteiger partial charge in [0.15, 0.2) is 0 Å². The molecule has 1 heterocycles. The first kappa shape index (κ1) is 19.6. The summed E-state index contributed by atoms with van der Waals surface area (Å²) in [4.78, 5) is 24.4. The third-order valence-corrected chi connectivity index (χ3v) is 4.58. The van der Waals surface area contributed by atoms with Gasteiger partial charge in [-0.05, 0) is 60.4 Å². The number of fused-ring (bicyclic) bond motifs is 1. The van der Waals surface area contributed by atoms with Crippen molar-refractivity contribution in [3.8, 4) is 16.9 Å². The van der Waals surface area contributed by atoms with Crippen LogP contribution in [0.1, 0.15) is 18.9 Å². The van der Waals surface area contributed by atoms with Crippen molar-refractivity contribution < 1.29 is 24.2 Å². The maximum atomic E-state index is 11.4. The molecule has 28 heavy (non-hydrogen) atoms. The van der Waals surface area contributed by atoms with Crippen LogP contribution in [-0.2, 0) is 14.3 Å². The Hall–Kier alpha value is -3.12. The molecule has 0 unspecified atom stereocenters. The highest BCUT2D eigenvalue weighted by molar-refractivity contribution is 5.96. The van der Waals surface area contributed by atoms with Crippen LogP contribution in [-0.4, -0.2) is 43.9 Å². The summed E-state index contributed by atoms with van der Waals surface area (Å²) in [6, 6.07) is 13.4. The third kappa shape index (κ3) is 4.58. The van der Waals surface area contributed by atoms with Crippen LogP contribution in [0.4, 0.5) is 5.69 Å². The van der Waals surface area contributed by atoms with Crippen LogP contribution in [0.25, 0.3) is 17.2 Å². The number of carboxylic acid groups (broad SMARTS) is 1. The minimum absolute atomic E-state index is 0.292. The second-order valence-electron chi connectivity index (χ2n) is 6.37. The minimum Gasteiger partial charge on any atom is -0.491 e. The van der Waals surface area contributed by atoms with Crippen molar-refractivity contribution in [2.24, 2.45) is 0 Å². The van der Waals surface area contributed by atoms with Gasteiger partial charge in [-0.2, -0.15) is 0 Å². The molecule has 146 valence electrons. The topological polar surface area (TPSA) is 76.1 Å². The molecule has 0 fully saturated rings. The fourth-order valence-electron chi connectivity index (χ4n) is 3.12. The molecule has 0 atom stereocenters. The van der Waals surface area contributed by atoms with Gasteiger partial charge in [-0.25, -0.2) is 4.79 Å². The zero-order valence-corrected chi connectivity index (χ0v) is 15.8. The largest absolute Gasteiger partial charge is 0.491 e. The van der Waals surface area contributed by atoms with Crippen LogP contribution in [0, 0.1) is 0 Å². The molecule has 3 rings (SSSR count). The van der Waals surface area contributed by atoms with Crippen LogP contribution in [0.15, 0.2) is 48.0 Å². The van der Waals surface area contributed by atoms with E-state index in [1.165, 1.54) is 0 Å². The molecular formula is C22H23NO5. The van der Waals surface area contributed by atoms with E-state index >= 15 is 0 Å². The zero-order chi connectivity index (χ0) is 19.9. The average molecular weight is 381 g/mol. The molecule has 0 bridgehead atoms. The molecule has 1 N–H and O–H groups in total. The number of aliphatic carboxylic acids is 1. The van der Waals surface area contributed by atoms with E-state index in [0.717, 1.165) is 28.8 Å². The van der Waals surface area contributed by atoms with E-state index in [2.05, 4.69) is 0 Å². The fourth-order valence-corrected chi connectivity index (χ4v) is 3.12. The first-order valence-electron chi connectivity index (χ1n) is 9.23. The van der Waals surface area contributed by atoms with Gasteiger partial charge in [-0.1, -0.05) is 18.2 Å². The Bertz CT molecular complexity index is 873. The maximum absolute atomic E-state index is 11.4. The van der Waals surface area contributed by atoms with E-state index in [9.17, 15) is 14.7 Å². The van der Waals surface area contributed by atoms with Gasteiger partial charge in [0, 0.05) is 18.7 Å². The van der Waals surface area contributed by atoms with E-state index in [0.29, 0.717) is 44.0 Å². The predicted molar refractivity (Wildman–Crippen MR) is 108 cm³/mol. The lowest BCUT2D eigenvalue weighted by Gasteiger charge is -2.18. The molecule has 1 aliphatic heterocycles. The van der Waals surface area contributed by atoms with Gasteiger partial charge in [0.05, 0.1) is 12.3 Å². The first-order chi connectivity index (χ1) is 13.6. The van der Waals surface area contributed by atoms with Gasteiger partial charge >= 0.3 is 5.97 Å². The van der Waals surface area contributed by atoms with E-state index in [1.807, 2.05) is 49.4 Å². The van der Waals surface area contributed by atoms with Crippen molar-refractivity contribution in [1.29, 1.82) is 0 Å². The Labute approximate surface area is 164 Å². The number of amides is 1. The lowest BCUT2D eigenvalue weighted by Crippen LogP contribution is -2.22. The number of nitrogens with zero attached hydrogens (tertiary/aromatic N) is 1. The number of ether oxygens (including phenoxy) is 2. The van der Waals surface area contributed by atoms with Gasteiger partial charge in [0.1, 0.15) is 12.4 Å². The number of anilines is 1. The number of benzene rings is 2. The van der Waals surface area contributed by atoms with Gasteiger partial charge in [-0.15, -0.1) is 0 Å². The first-order valence-corrected chi connectivity index (χ1v) is 9.23. The molecule has 6 heteroatoms. The quantitative estimate of drug-likeness (QED) is 0.558. The van der Waals surface area contributed by atoms with Gasteiger partial charge < -0.3 is 19.5 Å². The summed E-state index contributed by atoms with van der Waals surface area (Å²) in [5.74, 6) is -0.198. The summed E-state index contributed by atoms with van der Waals surface area (Å²) in [5.41, 5.74) is 3.64. The van der Waals surface area contributed by atoms with E-state index in [4.69, 9.17) is 9.47 Å². The molecule has 2 aromatic rings. The Balaban J connectivity index is 1.84. The van der Waals surface area contributed by atoms with Crippen LogP contribution >= 0.6 is 0 Å². The van der Waals surface area contributed by atoms with Gasteiger partial charge in [0.25, 0.3) is 0 Å². The lowest BCUT2D eigenvalue weighted by molar-refractivity contribution is -0.132. The maximum Gasteiger partial charge on any atom is 0.331 e. The molecule has 1 amide bonds. The number of carbonyl (C=O) groups excluding carboxylic acids is 1. The smallest absolute Gasteiger partial charge is 0.331 e. The van der Waals surface area contributed by atoms with E-state index in [-0.39, 0.29) is 0 Å². The fraction of sp³-hybridized carbons (Fsp3) is 0.273. The number of hydrogen-bond donors (Lipinski definition) is 1. The highest BCUT2D eigenvalue weighted by atomic mass is 16.5. The Morgan fingerprint density at radius 2 is 1.89 bits per heavy atom. The predicted octanol–water partition coefficient (Wildman–Crippen LogP) is 3.60. The molecule has 0 spiro atoms. The molecule has 6 nitrogen and oxygen atoms in total. The summed E-state index contributed by atoms with van der Waals surface area (Å²) >= 11 is 0. The SMILES string of the molecule is CCOCCOc1ccc(-c2ccc3c(c2)C=C(C(=O)O)CCN3C=O)cc1. The van der Waals surface area contributed by atoms with Crippen LogP contribution in [0.3, 0.4) is 0 Å². The van der Waals surface area contributed by atoms with Crippen LogP contribution < -0.4 is 9.64 Å². The zero-order valence-electron chi connectivity index (χ0n) is 15.8. The number of carboxylic acids is 1. The summed E-state index contributed by atoms with van der Waals surface area (Å²) < 4.78 is 10.9. The molecule has 0 radical (unpaired) electrons. The molecule has 0 saturated carbocycles. The standard InChI is InChI=1S/C22H23NO5/c1-2-27-11-12-28-20-6-3-16(4-7-20)17-5-8-21-19(13-17)14-18(22(25)26)9-10-23(21)15-24/h3-8,13-15H,2,9-12H2,1H3,(H,25,26). The van der Waals surface area contributed by atoms with Crippen molar-refractivity contribution in [2.45, 2.75) is 13.3 Å². The molecule has 1 aliphatic rings. The summed E-state index contributed by atoms with van der Waals surface area (Å²) in [6.45, 7) is 4.01. The normalized spacial score (nSPS) is 13.3. The third-order valence-electron chi connectivity index (χ3n) is 4.58.